The van der Waals surface area contributed by atoms with Gasteiger partial charge in [-0.1, -0.05) is 20.8 Å². The molecule has 0 radical (unpaired) electrons. The molecule has 3 rings (SSSR count). The van der Waals surface area contributed by atoms with Crippen molar-refractivity contribution in [2.24, 2.45) is 0 Å². The molecule has 23 heavy (non-hydrogen) atoms. The Bertz CT molecular complexity index is 699. The summed E-state index contributed by atoms with van der Waals surface area (Å²) in [5.74, 6) is 0.674. The van der Waals surface area contributed by atoms with Gasteiger partial charge in [0, 0.05) is 17.6 Å². The van der Waals surface area contributed by atoms with Gasteiger partial charge in [0.1, 0.15) is 18.4 Å². The van der Waals surface area contributed by atoms with Crippen LogP contribution in [0.25, 0.3) is 11.1 Å². The standard InChI is InChI=1S/C16H21N3O4/c1-16(2,3)14-19-12-6-10(4-5-13(12)23-14)18-15(20)17-7-11-8-21-9-22-11/h4-6,11H,7-9H2,1-3H3,(H2,17,18,20). The van der Waals surface area contributed by atoms with Crippen molar-refractivity contribution in [2.45, 2.75) is 32.3 Å². The molecule has 0 saturated carbocycles. The number of anilines is 1. The van der Waals surface area contributed by atoms with Crippen LogP contribution in [0.5, 0.6) is 0 Å². The van der Waals surface area contributed by atoms with Gasteiger partial charge in [0.05, 0.1) is 6.61 Å². The van der Waals surface area contributed by atoms with Crippen molar-refractivity contribution < 1.29 is 18.7 Å². The summed E-state index contributed by atoms with van der Waals surface area (Å²) in [4.78, 5) is 16.4. The van der Waals surface area contributed by atoms with Crippen molar-refractivity contribution in [1.29, 1.82) is 0 Å². The van der Waals surface area contributed by atoms with Gasteiger partial charge in [0.25, 0.3) is 0 Å². The van der Waals surface area contributed by atoms with Crippen molar-refractivity contribution in [3.05, 3.63) is 24.1 Å². The Hall–Kier alpha value is -2.12. The van der Waals surface area contributed by atoms with E-state index in [-0.39, 0.29) is 24.3 Å². The van der Waals surface area contributed by atoms with Crippen molar-refractivity contribution in [2.75, 3.05) is 25.3 Å². The lowest BCUT2D eigenvalue weighted by molar-refractivity contribution is 0.0476. The molecule has 1 aromatic carbocycles. The third-order valence-electron chi connectivity index (χ3n) is 3.47. The second-order valence-corrected chi connectivity index (χ2v) is 6.56. The Kier molecular flexibility index (Phi) is 4.23. The summed E-state index contributed by atoms with van der Waals surface area (Å²) < 4.78 is 16.1. The zero-order valence-corrected chi connectivity index (χ0v) is 13.5. The van der Waals surface area contributed by atoms with Crippen LogP contribution in [0.2, 0.25) is 0 Å². The van der Waals surface area contributed by atoms with E-state index in [1.54, 1.807) is 18.2 Å². The monoisotopic (exact) mass is 319 g/mol. The number of nitrogens with one attached hydrogen (secondary N) is 2. The topological polar surface area (TPSA) is 85.6 Å². The molecule has 0 bridgehead atoms. The fourth-order valence-electron chi connectivity index (χ4n) is 2.20. The minimum atomic E-state index is -0.292. The summed E-state index contributed by atoms with van der Waals surface area (Å²) in [6.07, 6.45) is -0.0897. The molecule has 1 unspecified atom stereocenters. The van der Waals surface area contributed by atoms with Crippen molar-refractivity contribution in [3.8, 4) is 0 Å². The largest absolute Gasteiger partial charge is 0.440 e. The molecule has 2 amide bonds. The van der Waals surface area contributed by atoms with E-state index in [2.05, 4.69) is 15.6 Å². The van der Waals surface area contributed by atoms with Gasteiger partial charge in [-0.3, -0.25) is 0 Å². The highest BCUT2D eigenvalue weighted by molar-refractivity contribution is 5.91. The molecular formula is C16H21N3O4. The van der Waals surface area contributed by atoms with E-state index in [1.165, 1.54) is 0 Å². The molecule has 7 heteroatoms. The van der Waals surface area contributed by atoms with Crippen molar-refractivity contribution >= 4 is 22.8 Å². The number of oxazole rings is 1. The van der Waals surface area contributed by atoms with E-state index < -0.39 is 0 Å². The maximum Gasteiger partial charge on any atom is 0.319 e. The molecule has 1 aliphatic rings. The van der Waals surface area contributed by atoms with Gasteiger partial charge in [-0.15, -0.1) is 0 Å². The molecule has 1 atom stereocenters. The lowest BCUT2D eigenvalue weighted by Crippen LogP contribution is -2.36. The maximum absolute atomic E-state index is 11.9. The van der Waals surface area contributed by atoms with Crippen LogP contribution in [-0.2, 0) is 14.9 Å². The highest BCUT2D eigenvalue weighted by atomic mass is 16.7. The molecule has 0 aliphatic carbocycles. The van der Waals surface area contributed by atoms with Gasteiger partial charge in [0.2, 0.25) is 5.89 Å². The Labute approximate surface area is 134 Å². The smallest absolute Gasteiger partial charge is 0.319 e. The fraction of sp³-hybridized carbons (Fsp3) is 0.500. The number of carbonyl (C=O) groups excluding carboxylic acids is 1. The number of amides is 2. The first-order valence-electron chi connectivity index (χ1n) is 7.57. The summed E-state index contributed by atoms with van der Waals surface area (Å²) in [7, 11) is 0. The SMILES string of the molecule is CC(C)(C)c1nc2cc(NC(=O)NCC3COCO3)ccc2o1. The number of carbonyl (C=O) groups is 1. The third kappa shape index (κ3) is 3.80. The van der Waals surface area contributed by atoms with Crippen LogP contribution in [0.1, 0.15) is 26.7 Å². The maximum atomic E-state index is 11.9. The molecule has 0 spiro atoms. The van der Waals surface area contributed by atoms with E-state index >= 15 is 0 Å². The molecule has 2 N–H and O–H groups in total. The molecule has 1 saturated heterocycles. The molecule has 124 valence electrons. The van der Waals surface area contributed by atoms with E-state index in [1.807, 2.05) is 20.8 Å². The molecule has 1 fully saturated rings. The fourth-order valence-corrected chi connectivity index (χ4v) is 2.20. The van der Waals surface area contributed by atoms with E-state index in [4.69, 9.17) is 13.9 Å². The molecule has 1 aromatic heterocycles. The quantitative estimate of drug-likeness (QED) is 0.908. The summed E-state index contributed by atoms with van der Waals surface area (Å²) in [6, 6.07) is 5.10. The number of ether oxygens (including phenoxy) is 2. The molecule has 7 nitrogen and oxygen atoms in total. The van der Waals surface area contributed by atoms with Gasteiger partial charge in [-0.25, -0.2) is 9.78 Å². The first-order valence-corrected chi connectivity index (χ1v) is 7.57. The second kappa shape index (κ2) is 6.17. The molecular weight excluding hydrogens is 298 g/mol. The number of fused-ring (bicyclic) bond motifs is 1. The molecule has 2 heterocycles. The van der Waals surface area contributed by atoms with Crippen LogP contribution in [-0.4, -0.2) is 37.1 Å². The minimum absolute atomic E-state index is 0.0897. The number of urea groups is 1. The zero-order chi connectivity index (χ0) is 16.4. The van der Waals surface area contributed by atoms with Crippen LogP contribution < -0.4 is 10.6 Å². The summed E-state index contributed by atoms with van der Waals surface area (Å²) in [6.45, 7) is 7.32. The normalized spacial score (nSPS) is 18.3. The van der Waals surface area contributed by atoms with E-state index in [9.17, 15) is 4.79 Å². The summed E-state index contributed by atoms with van der Waals surface area (Å²) >= 11 is 0. The number of hydrogen-bond donors (Lipinski definition) is 2. The zero-order valence-electron chi connectivity index (χ0n) is 13.5. The Balaban J connectivity index is 1.64. The predicted molar refractivity (Wildman–Crippen MR) is 85.4 cm³/mol. The van der Waals surface area contributed by atoms with Gasteiger partial charge < -0.3 is 24.5 Å². The van der Waals surface area contributed by atoms with E-state index in [0.717, 1.165) is 5.52 Å². The molecule has 1 aliphatic heterocycles. The highest BCUT2D eigenvalue weighted by Gasteiger charge is 2.21. The average Bonchev–Trinajstić information content (AvgIpc) is 3.13. The van der Waals surface area contributed by atoms with Crippen LogP contribution in [0.15, 0.2) is 22.6 Å². The number of aromatic nitrogens is 1. The lowest BCUT2D eigenvalue weighted by Gasteiger charge is -2.11. The van der Waals surface area contributed by atoms with E-state index in [0.29, 0.717) is 30.3 Å². The first kappa shape index (κ1) is 15.8. The van der Waals surface area contributed by atoms with Crippen LogP contribution in [0.3, 0.4) is 0 Å². The van der Waals surface area contributed by atoms with Crippen LogP contribution >= 0.6 is 0 Å². The average molecular weight is 319 g/mol. The Morgan fingerprint density at radius 1 is 1.39 bits per heavy atom. The minimum Gasteiger partial charge on any atom is -0.440 e. The number of nitrogens with zero attached hydrogens (tertiary/aromatic N) is 1. The molecule has 2 aromatic rings. The number of benzene rings is 1. The first-order chi connectivity index (χ1) is 10.9. The van der Waals surface area contributed by atoms with Gasteiger partial charge in [0.15, 0.2) is 5.58 Å². The summed E-state index contributed by atoms with van der Waals surface area (Å²) in [5, 5.41) is 5.53. The van der Waals surface area contributed by atoms with Gasteiger partial charge in [-0.05, 0) is 18.2 Å². The lowest BCUT2D eigenvalue weighted by atomic mass is 9.97. The van der Waals surface area contributed by atoms with Gasteiger partial charge in [-0.2, -0.15) is 0 Å². The number of rotatable bonds is 3. The number of hydrogen-bond acceptors (Lipinski definition) is 5. The van der Waals surface area contributed by atoms with Gasteiger partial charge >= 0.3 is 6.03 Å². The Morgan fingerprint density at radius 3 is 2.91 bits per heavy atom. The second-order valence-electron chi connectivity index (χ2n) is 6.56. The van der Waals surface area contributed by atoms with Crippen molar-refractivity contribution in [3.63, 3.8) is 0 Å². The summed E-state index contributed by atoms with van der Waals surface area (Å²) in [5.41, 5.74) is 1.93. The van der Waals surface area contributed by atoms with Crippen LogP contribution in [0.4, 0.5) is 10.5 Å². The third-order valence-corrected chi connectivity index (χ3v) is 3.47. The van der Waals surface area contributed by atoms with Crippen LogP contribution in [0, 0.1) is 0 Å². The van der Waals surface area contributed by atoms with Crippen molar-refractivity contribution in [1.82, 2.24) is 10.3 Å². The Morgan fingerprint density at radius 2 is 2.22 bits per heavy atom. The predicted octanol–water partition coefficient (Wildman–Crippen LogP) is 2.62. The highest BCUT2D eigenvalue weighted by Crippen LogP contribution is 2.27.